The molecule has 3 heterocycles. The first-order valence-electron chi connectivity index (χ1n) is 11.5. The maximum atomic E-state index is 13.2. The maximum Gasteiger partial charge on any atom is 0.263 e. The van der Waals surface area contributed by atoms with Gasteiger partial charge < -0.3 is 19.9 Å². The fraction of sp³-hybridized carbons (Fsp3) is 0.520. The molecule has 3 aliphatic rings. The Morgan fingerprint density at radius 3 is 2.68 bits per heavy atom. The van der Waals surface area contributed by atoms with Crippen molar-refractivity contribution >= 4 is 5.91 Å². The highest BCUT2D eigenvalue weighted by atomic mass is 16.5. The summed E-state index contributed by atoms with van der Waals surface area (Å²) in [7, 11) is 1.67. The number of carbonyl (C=O) groups is 1. The molecule has 1 saturated heterocycles. The summed E-state index contributed by atoms with van der Waals surface area (Å²) in [6.45, 7) is 3.11. The van der Waals surface area contributed by atoms with Gasteiger partial charge in [0.1, 0.15) is 11.3 Å². The van der Waals surface area contributed by atoms with Gasteiger partial charge in [-0.3, -0.25) is 9.59 Å². The highest BCUT2D eigenvalue weighted by Gasteiger charge is 2.37. The molecular weight excluding hydrogens is 390 g/mol. The monoisotopic (exact) mass is 421 g/mol. The van der Waals surface area contributed by atoms with E-state index in [0.29, 0.717) is 24.9 Å². The SMILES string of the molecule is COc1ccc(C2(CNC(=O)c3ccc4n(c3=O)C[C@@H]3CNC[C@H]4C3)CCCC2)cc1. The summed E-state index contributed by atoms with van der Waals surface area (Å²) >= 11 is 0. The normalized spacial score (nSPS) is 23.8. The van der Waals surface area contributed by atoms with Crippen LogP contribution in [-0.4, -0.2) is 37.2 Å². The number of hydrogen-bond acceptors (Lipinski definition) is 4. The van der Waals surface area contributed by atoms with Crippen LogP contribution in [0.5, 0.6) is 5.75 Å². The molecule has 2 aliphatic heterocycles. The molecule has 1 aromatic heterocycles. The van der Waals surface area contributed by atoms with Crippen molar-refractivity contribution in [2.75, 3.05) is 26.7 Å². The number of rotatable bonds is 5. The highest BCUT2D eigenvalue weighted by molar-refractivity contribution is 5.93. The first-order valence-corrected chi connectivity index (χ1v) is 11.5. The molecule has 1 amide bonds. The van der Waals surface area contributed by atoms with Crippen molar-refractivity contribution in [3.8, 4) is 5.75 Å². The number of aromatic nitrogens is 1. The van der Waals surface area contributed by atoms with Gasteiger partial charge in [-0.1, -0.05) is 25.0 Å². The predicted molar refractivity (Wildman–Crippen MR) is 120 cm³/mol. The van der Waals surface area contributed by atoms with E-state index in [2.05, 4.69) is 22.8 Å². The van der Waals surface area contributed by atoms with Crippen LogP contribution in [0.3, 0.4) is 0 Å². The largest absolute Gasteiger partial charge is 0.497 e. The number of pyridine rings is 1. The van der Waals surface area contributed by atoms with Crippen LogP contribution < -0.4 is 20.9 Å². The van der Waals surface area contributed by atoms with Crippen molar-refractivity contribution in [2.24, 2.45) is 5.92 Å². The third-order valence-corrected chi connectivity index (χ3v) is 7.60. The average Bonchev–Trinajstić information content (AvgIpc) is 3.29. The van der Waals surface area contributed by atoms with Gasteiger partial charge >= 0.3 is 0 Å². The van der Waals surface area contributed by atoms with E-state index in [0.717, 1.165) is 56.6 Å². The van der Waals surface area contributed by atoms with Crippen molar-refractivity contribution in [2.45, 2.75) is 50.0 Å². The lowest BCUT2D eigenvalue weighted by Gasteiger charge is -2.37. The number of carbonyl (C=O) groups excluding carboxylic acids is 1. The molecule has 2 aromatic rings. The molecule has 0 radical (unpaired) electrons. The smallest absolute Gasteiger partial charge is 0.263 e. The van der Waals surface area contributed by atoms with Crippen LogP contribution in [0.15, 0.2) is 41.2 Å². The summed E-state index contributed by atoms with van der Waals surface area (Å²) in [5.41, 5.74) is 2.34. The molecule has 1 aromatic carbocycles. The van der Waals surface area contributed by atoms with Crippen LogP contribution in [0.1, 0.15) is 59.6 Å². The van der Waals surface area contributed by atoms with Crippen LogP contribution in [0.4, 0.5) is 0 Å². The Kier molecular flexibility index (Phi) is 5.34. The van der Waals surface area contributed by atoms with E-state index >= 15 is 0 Å². The van der Waals surface area contributed by atoms with E-state index in [9.17, 15) is 9.59 Å². The van der Waals surface area contributed by atoms with E-state index < -0.39 is 0 Å². The molecule has 2 N–H and O–H groups in total. The molecule has 2 atom stereocenters. The summed E-state index contributed by atoms with van der Waals surface area (Å²) in [5.74, 6) is 1.42. The van der Waals surface area contributed by atoms with Gasteiger partial charge in [-0.25, -0.2) is 0 Å². The minimum absolute atomic E-state index is 0.0744. The lowest BCUT2D eigenvalue weighted by molar-refractivity contribution is 0.0940. The second-order valence-corrected chi connectivity index (χ2v) is 9.44. The summed E-state index contributed by atoms with van der Waals surface area (Å²) in [6, 6.07) is 11.9. The Hall–Kier alpha value is -2.60. The van der Waals surface area contributed by atoms with E-state index in [-0.39, 0.29) is 22.4 Å². The molecule has 1 saturated carbocycles. The highest BCUT2D eigenvalue weighted by Crippen LogP contribution is 2.41. The predicted octanol–water partition coefficient (Wildman–Crippen LogP) is 2.81. The number of fused-ring (bicyclic) bond motifs is 4. The molecule has 5 rings (SSSR count). The molecular formula is C25H31N3O3. The van der Waals surface area contributed by atoms with E-state index in [1.165, 1.54) is 5.56 Å². The van der Waals surface area contributed by atoms with Crippen molar-refractivity contribution in [1.29, 1.82) is 0 Å². The van der Waals surface area contributed by atoms with Gasteiger partial charge in [0.15, 0.2) is 0 Å². The van der Waals surface area contributed by atoms with E-state index in [1.54, 1.807) is 13.2 Å². The number of benzene rings is 1. The lowest BCUT2D eigenvalue weighted by Crippen LogP contribution is -2.47. The Morgan fingerprint density at radius 2 is 1.94 bits per heavy atom. The molecule has 164 valence electrons. The number of nitrogens with one attached hydrogen (secondary N) is 2. The van der Waals surface area contributed by atoms with Crippen molar-refractivity contribution in [1.82, 2.24) is 15.2 Å². The van der Waals surface area contributed by atoms with Gasteiger partial charge in [0, 0.05) is 36.7 Å². The lowest BCUT2D eigenvalue weighted by atomic mass is 9.78. The molecule has 1 aliphatic carbocycles. The van der Waals surface area contributed by atoms with Gasteiger partial charge in [-0.05, 0) is 61.6 Å². The fourth-order valence-electron chi connectivity index (χ4n) is 5.87. The molecule has 0 spiro atoms. The number of ether oxygens (including phenoxy) is 1. The van der Waals surface area contributed by atoms with Crippen molar-refractivity contribution < 1.29 is 9.53 Å². The number of nitrogens with zero attached hydrogens (tertiary/aromatic N) is 1. The topological polar surface area (TPSA) is 72.4 Å². The van der Waals surface area contributed by atoms with Crippen LogP contribution >= 0.6 is 0 Å². The molecule has 2 fully saturated rings. The Morgan fingerprint density at radius 1 is 1.16 bits per heavy atom. The number of hydrogen-bond donors (Lipinski definition) is 2. The van der Waals surface area contributed by atoms with Crippen LogP contribution in [-0.2, 0) is 12.0 Å². The first-order chi connectivity index (χ1) is 15.1. The molecule has 6 heteroatoms. The van der Waals surface area contributed by atoms with Gasteiger partial charge in [0.25, 0.3) is 11.5 Å². The van der Waals surface area contributed by atoms with Gasteiger partial charge in [0.05, 0.1) is 7.11 Å². The van der Waals surface area contributed by atoms with Crippen LogP contribution in [0.2, 0.25) is 0 Å². The molecule has 0 unspecified atom stereocenters. The molecule has 31 heavy (non-hydrogen) atoms. The molecule has 2 bridgehead atoms. The molecule has 6 nitrogen and oxygen atoms in total. The van der Waals surface area contributed by atoms with Crippen LogP contribution in [0.25, 0.3) is 0 Å². The second kappa shape index (κ2) is 8.15. The number of amides is 1. The van der Waals surface area contributed by atoms with Crippen molar-refractivity contribution in [3.05, 3.63) is 63.6 Å². The standard InChI is InChI=1S/C25H31N3O3/c1-31-20-6-4-19(5-7-20)25(10-2-3-11-25)16-27-23(29)21-8-9-22-18-12-17(13-26-14-18)15-28(22)24(21)30/h4-9,17-18,26H,2-3,10-16H2,1H3,(H,27,29)/t17-,18+/m0/s1. The summed E-state index contributed by atoms with van der Waals surface area (Å²) in [5, 5.41) is 6.57. The Labute approximate surface area is 183 Å². The fourth-order valence-corrected chi connectivity index (χ4v) is 5.87. The second-order valence-electron chi connectivity index (χ2n) is 9.44. The Balaban J connectivity index is 1.36. The van der Waals surface area contributed by atoms with Gasteiger partial charge in [0.2, 0.25) is 0 Å². The quantitative estimate of drug-likeness (QED) is 0.779. The zero-order valence-electron chi connectivity index (χ0n) is 18.2. The minimum Gasteiger partial charge on any atom is -0.497 e. The third kappa shape index (κ3) is 3.67. The zero-order valence-corrected chi connectivity index (χ0v) is 18.2. The van der Waals surface area contributed by atoms with Crippen molar-refractivity contribution in [3.63, 3.8) is 0 Å². The number of piperidine rings is 1. The maximum absolute atomic E-state index is 13.2. The average molecular weight is 422 g/mol. The van der Waals surface area contributed by atoms with Gasteiger partial charge in [-0.2, -0.15) is 0 Å². The van der Waals surface area contributed by atoms with E-state index in [4.69, 9.17) is 4.74 Å². The summed E-state index contributed by atoms with van der Waals surface area (Å²) in [4.78, 5) is 26.2. The third-order valence-electron chi connectivity index (χ3n) is 7.60. The first kappa shape index (κ1) is 20.3. The minimum atomic E-state index is -0.256. The zero-order chi connectivity index (χ0) is 21.4. The number of methoxy groups -OCH3 is 1. The summed E-state index contributed by atoms with van der Waals surface area (Å²) < 4.78 is 7.15. The van der Waals surface area contributed by atoms with Gasteiger partial charge in [-0.15, -0.1) is 0 Å². The Bertz CT molecular complexity index is 1020. The summed E-state index contributed by atoms with van der Waals surface area (Å²) in [6.07, 6.45) is 5.51. The van der Waals surface area contributed by atoms with E-state index in [1.807, 2.05) is 22.8 Å². The van der Waals surface area contributed by atoms with Crippen LogP contribution in [0, 0.1) is 5.92 Å².